The van der Waals surface area contributed by atoms with Crippen LogP contribution in [-0.2, 0) is 0 Å². The Morgan fingerprint density at radius 1 is 1.56 bits per heavy atom. The number of aromatic nitrogens is 2. The van der Waals surface area contributed by atoms with Crippen LogP contribution in [0.15, 0.2) is 12.4 Å². The largest absolute Gasteiger partial charge is 0.351 e. The maximum atomic E-state index is 11.7. The van der Waals surface area contributed by atoms with Crippen LogP contribution < -0.4 is 5.32 Å². The van der Waals surface area contributed by atoms with Gasteiger partial charge in [-0.3, -0.25) is 9.89 Å². The molecule has 0 saturated carbocycles. The Kier molecular flexibility index (Phi) is 4.06. The fourth-order valence-corrected chi connectivity index (χ4v) is 1.71. The van der Waals surface area contributed by atoms with E-state index in [4.69, 9.17) is 0 Å². The van der Waals surface area contributed by atoms with Gasteiger partial charge >= 0.3 is 0 Å². The van der Waals surface area contributed by atoms with Gasteiger partial charge < -0.3 is 10.2 Å². The molecule has 0 atom stereocenters. The van der Waals surface area contributed by atoms with Crippen molar-refractivity contribution in [2.45, 2.75) is 13.8 Å². The van der Waals surface area contributed by atoms with E-state index in [9.17, 15) is 4.79 Å². The van der Waals surface area contributed by atoms with Crippen LogP contribution in [0.4, 0.5) is 0 Å². The molecule has 0 aliphatic carbocycles. The number of amides is 1. The lowest BCUT2D eigenvalue weighted by Crippen LogP contribution is -2.39. The van der Waals surface area contributed by atoms with E-state index in [1.165, 1.54) is 6.20 Å². The topological polar surface area (TPSA) is 61.0 Å². The zero-order valence-electron chi connectivity index (χ0n) is 10.4. The van der Waals surface area contributed by atoms with Crippen LogP contribution >= 0.6 is 0 Å². The number of nitrogens with zero attached hydrogens (tertiary/aromatic N) is 2. The molecule has 90 valence electrons. The minimum Gasteiger partial charge on any atom is -0.351 e. The molecule has 0 saturated heterocycles. The van der Waals surface area contributed by atoms with Crippen molar-refractivity contribution in [1.29, 1.82) is 0 Å². The fraction of sp³-hybridized carbons (Fsp3) is 0.636. The number of rotatable bonds is 5. The van der Waals surface area contributed by atoms with Gasteiger partial charge in [0.25, 0.3) is 5.91 Å². The van der Waals surface area contributed by atoms with Crippen molar-refractivity contribution in [1.82, 2.24) is 20.4 Å². The predicted molar refractivity (Wildman–Crippen MR) is 63.3 cm³/mol. The molecule has 0 radical (unpaired) electrons. The third-order valence-electron chi connectivity index (χ3n) is 2.23. The van der Waals surface area contributed by atoms with E-state index in [0.29, 0.717) is 12.1 Å². The van der Waals surface area contributed by atoms with Crippen molar-refractivity contribution >= 4 is 5.91 Å². The van der Waals surface area contributed by atoms with Crippen molar-refractivity contribution < 1.29 is 4.79 Å². The standard InChI is InChI=1S/C11H20N4O/c1-11(2,8-15(3)4)7-12-10(16)9-5-13-14-6-9/h5-6H,7-8H2,1-4H3,(H,12,16)(H,13,14). The molecule has 0 spiro atoms. The Hall–Kier alpha value is -1.36. The van der Waals surface area contributed by atoms with E-state index >= 15 is 0 Å². The average Bonchev–Trinajstić information content (AvgIpc) is 2.64. The van der Waals surface area contributed by atoms with E-state index in [1.807, 2.05) is 14.1 Å². The van der Waals surface area contributed by atoms with Crippen LogP contribution in [0, 0.1) is 5.41 Å². The summed E-state index contributed by atoms with van der Waals surface area (Å²) in [5, 5.41) is 9.27. The van der Waals surface area contributed by atoms with Gasteiger partial charge in [-0.15, -0.1) is 0 Å². The van der Waals surface area contributed by atoms with Crippen LogP contribution in [0.3, 0.4) is 0 Å². The first-order chi connectivity index (χ1) is 7.41. The van der Waals surface area contributed by atoms with E-state index in [0.717, 1.165) is 6.54 Å². The van der Waals surface area contributed by atoms with Gasteiger partial charge in [-0.1, -0.05) is 13.8 Å². The summed E-state index contributed by atoms with van der Waals surface area (Å²) in [7, 11) is 4.05. The number of H-pyrrole nitrogens is 1. The van der Waals surface area contributed by atoms with Gasteiger partial charge in [0, 0.05) is 19.3 Å². The Morgan fingerprint density at radius 2 is 2.25 bits per heavy atom. The Balaban J connectivity index is 2.42. The molecule has 0 aliphatic heterocycles. The zero-order valence-corrected chi connectivity index (χ0v) is 10.4. The molecule has 0 aliphatic rings. The number of carbonyl (C=O) groups is 1. The Bertz CT molecular complexity index is 330. The highest BCUT2D eigenvalue weighted by Gasteiger charge is 2.20. The molecular weight excluding hydrogens is 204 g/mol. The SMILES string of the molecule is CN(C)CC(C)(C)CNC(=O)c1cn[nH]c1. The van der Waals surface area contributed by atoms with Crippen molar-refractivity contribution in [3.8, 4) is 0 Å². The van der Waals surface area contributed by atoms with Crippen molar-refractivity contribution in [3.05, 3.63) is 18.0 Å². The lowest BCUT2D eigenvalue weighted by Gasteiger charge is -2.28. The highest BCUT2D eigenvalue weighted by Crippen LogP contribution is 2.14. The summed E-state index contributed by atoms with van der Waals surface area (Å²) in [6.45, 7) is 5.83. The molecule has 16 heavy (non-hydrogen) atoms. The third kappa shape index (κ3) is 4.02. The van der Waals surface area contributed by atoms with Gasteiger partial charge in [-0.2, -0.15) is 5.10 Å². The Labute approximate surface area is 96.2 Å². The highest BCUT2D eigenvalue weighted by molar-refractivity contribution is 5.93. The van der Waals surface area contributed by atoms with Crippen LogP contribution in [-0.4, -0.2) is 48.2 Å². The third-order valence-corrected chi connectivity index (χ3v) is 2.23. The summed E-state index contributed by atoms with van der Waals surface area (Å²) < 4.78 is 0. The lowest BCUT2D eigenvalue weighted by atomic mass is 9.93. The highest BCUT2D eigenvalue weighted by atomic mass is 16.1. The summed E-state index contributed by atoms with van der Waals surface area (Å²) in [4.78, 5) is 13.8. The summed E-state index contributed by atoms with van der Waals surface area (Å²) >= 11 is 0. The molecule has 0 unspecified atom stereocenters. The van der Waals surface area contributed by atoms with E-state index in [2.05, 4.69) is 34.3 Å². The van der Waals surface area contributed by atoms with Gasteiger partial charge in [0.2, 0.25) is 0 Å². The summed E-state index contributed by atoms with van der Waals surface area (Å²) in [5.74, 6) is -0.0828. The molecule has 2 N–H and O–H groups in total. The van der Waals surface area contributed by atoms with Crippen LogP contribution in [0.25, 0.3) is 0 Å². The maximum Gasteiger partial charge on any atom is 0.254 e. The first-order valence-electron chi connectivity index (χ1n) is 5.32. The monoisotopic (exact) mass is 224 g/mol. The van der Waals surface area contributed by atoms with Crippen molar-refractivity contribution in [2.24, 2.45) is 5.41 Å². The zero-order chi connectivity index (χ0) is 12.2. The lowest BCUT2D eigenvalue weighted by molar-refractivity contribution is 0.0929. The molecule has 0 fully saturated rings. The number of hydrogen-bond donors (Lipinski definition) is 2. The first-order valence-corrected chi connectivity index (χ1v) is 5.32. The maximum absolute atomic E-state index is 11.7. The molecule has 1 rings (SSSR count). The smallest absolute Gasteiger partial charge is 0.254 e. The molecule has 1 aromatic heterocycles. The van der Waals surface area contributed by atoms with E-state index in [-0.39, 0.29) is 11.3 Å². The van der Waals surface area contributed by atoms with Crippen LogP contribution in [0.5, 0.6) is 0 Å². The number of carbonyl (C=O) groups excluding carboxylic acids is 1. The first kappa shape index (κ1) is 12.7. The number of aromatic amines is 1. The fourth-order valence-electron chi connectivity index (χ4n) is 1.71. The molecule has 5 nitrogen and oxygen atoms in total. The van der Waals surface area contributed by atoms with Gasteiger partial charge in [0.15, 0.2) is 0 Å². The average molecular weight is 224 g/mol. The quantitative estimate of drug-likeness (QED) is 0.775. The van der Waals surface area contributed by atoms with Gasteiger partial charge in [-0.05, 0) is 19.5 Å². The van der Waals surface area contributed by atoms with Gasteiger partial charge in [-0.25, -0.2) is 0 Å². The molecule has 0 aromatic carbocycles. The number of hydrogen-bond acceptors (Lipinski definition) is 3. The Morgan fingerprint density at radius 3 is 2.75 bits per heavy atom. The van der Waals surface area contributed by atoms with E-state index < -0.39 is 0 Å². The molecular formula is C11H20N4O. The minimum absolute atomic E-state index is 0.0584. The number of nitrogens with one attached hydrogen (secondary N) is 2. The second kappa shape index (κ2) is 5.12. The molecule has 1 aromatic rings. The van der Waals surface area contributed by atoms with Crippen LogP contribution in [0.1, 0.15) is 24.2 Å². The summed E-state index contributed by atoms with van der Waals surface area (Å²) in [6, 6.07) is 0. The van der Waals surface area contributed by atoms with Crippen LogP contribution in [0.2, 0.25) is 0 Å². The van der Waals surface area contributed by atoms with Gasteiger partial charge in [0.05, 0.1) is 11.8 Å². The summed E-state index contributed by atoms with van der Waals surface area (Å²) in [5.41, 5.74) is 0.628. The normalized spacial score (nSPS) is 11.8. The molecule has 0 bridgehead atoms. The molecule has 5 heteroatoms. The summed E-state index contributed by atoms with van der Waals surface area (Å²) in [6.07, 6.45) is 3.11. The predicted octanol–water partition coefficient (Wildman–Crippen LogP) is 0.727. The molecule has 1 amide bonds. The van der Waals surface area contributed by atoms with Crippen molar-refractivity contribution in [3.63, 3.8) is 0 Å². The van der Waals surface area contributed by atoms with Gasteiger partial charge in [0.1, 0.15) is 0 Å². The molecule has 1 heterocycles. The minimum atomic E-state index is -0.0828. The second-order valence-electron chi connectivity index (χ2n) is 5.07. The van der Waals surface area contributed by atoms with E-state index in [1.54, 1.807) is 6.20 Å². The second-order valence-corrected chi connectivity index (χ2v) is 5.07. The van der Waals surface area contributed by atoms with Crippen molar-refractivity contribution in [2.75, 3.05) is 27.2 Å².